The first-order valence-electron chi connectivity index (χ1n) is 9.07. The Bertz CT molecular complexity index is 359. The summed E-state index contributed by atoms with van der Waals surface area (Å²) in [5.74, 6) is 1.04. The molecule has 1 aromatic carbocycles. The predicted molar refractivity (Wildman–Crippen MR) is 93.0 cm³/mol. The van der Waals surface area contributed by atoms with Crippen LogP contribution in [0.3, 0.4) is 0 Å². The minimum Gasteiger partial charge on any atom is -0.508 e. The van der Waals surface area contributed by atoms with Gasteiger partial charge in [0, 0.05) is 0 Å². The van der Waals surface area contributed by atoms with Crippen LogP contribution >= 0.6 is 0 Å². The van der Waals surface area contributed by atoms with Crippen LogP contribution in [0.4, 0.5) is 0 Å². The molecule has 1 heteroatoms. The Morgan fingerprint density at radius 2 is 1.29 bits per heavy atom. The molecule has 0 aromatic heterocycles. The van der Waals surface area contributed by atoms with Crippen LogP contribution in [0.25, 0.3) is 0 Å². The van der Waals surface area contributed by atoms with Crippen LogP contribution in [0.1, 0.15) is 96.0 Å². The summed E-state index contributed by atoms with van der Waals surface area (Å²) >= 11 is 0. The number of aromatic hydroxyl groups is 1. The molecule has 0 aliphatic heterocycles. The summed E-state index contributed by atoms with van der Waals surface area (Å²) in [5, 5.41) is 10.1. The average Bonchev–Trinajstić information content (AvgIpc) is 2.50. The second-order valence-corrected chi connectivity index (χ2v) is 6.31. The molecule has 1 atom stereocenters. The Morgan fingerprint density at radius 1 is 0.762 bits per heavy atom. The lowest BCUT2D eigenvalue weighted by molar-refractivity contribution is 0.439. The van der Waals surface area contributed by atoms with E-state index in [1.165, 1.54) is 76.2 Å². The third kappa shape index (κ3) is 7.55. The van der Waals surface area contributed by atoms with E-state index in [0.29, 0.717) is 11.7 Å². The lowest BCUT2D eigenvalue weighted by Gasteiger charge is -2.18. The first-order valence-corrected chi connectivity index (χ1v) is 9.07. The van der Waals surface area contributed by atoms with Crippen molar-refractivity contribution < 1.29 is 5.11 Å². The number of unbranched alkanes of at least 4 members (excludes halogenated alkanes) is 7. The van der Waals surface area contributed by atoms with E-state index in [1.54, 1.807) is 0 Å². The molecule has 0 saturated heterocycles. The van der Waals surface area contributed by atoms with E-state index < -0.39 is 0 Å². The molecule has 0 saturated carbocycles. The summed E-state index contributed by atoms with van der Waals surface area (Å²) in [5.41, 5.74) is 1.17. The minimum atomic E-state index is 0.492. The molecule has 0 fully saturated rings. The van der Waals surface area contributed by atoms with Gasteiger partial charge in [0.05, 0.1) is 0 Å². The van der Waals surface area contributed by atoms with Crippen LogP contribution in [0.5, 0.6) is 5.75 Å². The van der Waals surface area contributed by atoms with Gasteiger partial charge in [0.15, 0.2) is 0 Å². The van der Waals surface area contributed by atoms with Crippen molar-refractivity contribution in [2.75, 3.05) is 0 Å². The average molecular weight is 290 g/mol. The van der Waals surface area contributed by atoms with Gasteiger partial charge in [-0.1, -0.05) is 89.8 Å². The summed E-state index contributed by atoms with van der Waals surface area (Å²) in [7, 11) is 0. The molecule has 0 aliphatic rings. The van der Waals surface area contributed by atoms with E-state index in [2.05, 4.69) is 26.0 Å². The number of rotatable bonds is 12. The van der Waals surface area contributed by atoms with E-state index in [4.69, 9.17) is 0 Å². The molecular weight excluding hydrogens is 256 g/mol. The van der Waals surface area contributed by atoms with E-state index in [0.717, 1.165) is 0 Å². The smallest absolute Gasteiger partial charge is 0.119 e. The van der Waals surface area contributed by atoms with Crippen molar-refractivity contribution in [1.29, 1.82) is 0 Å². The van der Waals surface area contributed by atoms with E-state index >= 15 is 0 Å². The molecule has 0 aliphatic carbocycles. The van der Waals surface area contributed by atoms with Crippen LogP contribution < -0.4 is 0 Å². The van der Waals surface area contributed by atoms with Gasteiger partial charge in [-0.05, 0) is 30.4 Å². The predicted octanol–water partition coefficient (Wildman–Crippen LogP) is 6.81. The van der Waals surface area contributed by atoms with Gasteiger partial charge in [0.25, 0.3) is 0 Å². The van der Waals surface area contributed by atoms with Gasteiger partial charge in [-0.2, -0.15) is 0 Å². The molecule has 0 radical (unpaired) electrons. The van der Waals surface area contributed by atoms with Crippen molar-refractivity contribution in [3.63, 3.8) is 0 Å². The molecular formula is C20H34O. The lowest BCUT2D eigenvalue weighted by atomic mass is 9.87. The molecule has 0 amide bonds. The quantitative estimate of drug-likeness (QED) is 0.419. The van der Waals surface area contributed by atoms with E-state index in [1.807, 2.05) is 12.1 Å². The summed E-state index contributed by atoms with van der Waals surface area (Å²) in [6.07, 6.45) is 14.4. The molecule has 1 nitrogen and oxygen atoms in total. The first kappa shape index (κ1) is 18.1. The summed E-state index contributed by atoms with van der Waals surface area (Å²) in [4.78, 5) is 0. The topological polar surface area (TPSA) is 20.2 Å². The number of phenols is 1. The highest BCUT2D eigenvalue weighted by Gasteiger charge is 2.14. The van der Waals surface area contributed by atoms with Gasteiger partial charge in [0.1, 0.15) is 5.75 Å². The highest BCUT2D eigenvalue weighted by atomic mass is 16.3. The highest BCUT2D eigenvalue weighted by molar-refractivity contribution is 5.34. The van der Waals surface area contributed by atoms with Crippen molar-refractivity contribution in [2.45, 2.75) is 90.4 Å². The Balaban J connectivity index is 2.47. The van der Waals surface area contributed by atoms with Crippen LogP contribution in [-0.2, 0) is 0 Å². The van der Waals surface area contributed by atoms with Crippen LogP contribution in [0, 0.1) is 0 Å². The number of hydrogen-bond acceptors (Lipinski definition) is 1. The van der Waals surface area contributed by atoms with Gasteiger partial charge >= 0.3 is 0 Å². The number of phenolic OH excluding ortho intramolecular Hbond substituents is 1. The fourth-order valence-corrected chi connectivity index (χ4v) is 3.10. The van der Waals surface area contributed by atoms with Gasteiger partial charge in [-0.25, -0.2) is 0 Å². The molecule has 21 heavy (non-hydrogen) atoms. The van der Waals surface area contributed by atoms with Gasteiger partial charge in [0.2, 0.25) is 0 Å². The number of hydrogen-bond donors (Lipinski definition) is 1. The van der Waals surface area contributed by atoms with Crippen LogP contribution in [-0.4, -0.2) is 5.11 Å². The van der Waals surface area contributed by atoms with E-state index in [9.17, 15) is 5.11 Å². The SMILES string of the molecule is CCCCCCCC(CCCCCC)c1ccccc1O. The molecule has 1 N–H and O–H groups in total. The summed E-state index contributed by atoms with van der Waals surface area (Å²) in [6.45, 7) is 4.52. The zero-order valence-electron chi connectivity index (χ0n) is 14.1. The molecule has 1 rings (SSSR count). The third-order valence-electron chi connectivity index (χ3n) is 4.44. The zero-order chi connectivity index (χ0) is 15.3. The van der Waals surface area contributed by atoms with Gasteiger partial charge in [-0.3, -0.25) is 0 Å². The molecule has 0 heterocycles. The number of para-hydroxylation sites is 1. The second kappa shape index (κ2) is 11.7. The monoisotopic (exact) mass is 290 g/mol. The molecule has 1 unspecified atom stereocenters. The van der Waals surface area contributed by atoms with Crippen LogP contribution in [0.15, 0.2) is 24.3 Å². The van der Waals surface area contributed by atoms with Crippen molar-refractivity contribution in [2.24, 2.45) is 0 Å². The Morgan fingerprint density at radius 3 is 1.86 bits per heavy atom. The number of benzene rings is 1. The first-order chi connectivity index (χ1) is 10.3. The maximum absolute atomic E-state index is 10.1. The highest BCUT2D eigenvalue weighted by Crippen LogP contribution is 2.33. The van der Waals surface area contributed by atoms with Crippen LogP contribution in [0.2, 0.25) is 0 Å². The van der Waals surface area contributed by atoms with Gasteiger partial charge < -0.3 is 5.11 Å². The molecule has 120 valence electrons. The molecule has 1 aromatic rings. The Labute approximate surface area is 131 Å². The Kier molecular flexibility index (Phi) is 10.0. The second-order valence-electron chi connectivity index (χ2n) is 6.31. The standard InChI is InChI=1S/C20H34O/c1-3-5-7-9-11-15-18(14-10-8-6-4-2)19-16-12-13-17-20(19)21/h12-13,16-18,21H,3-11,14-15H2,1-2H3. The molecule has 0 bridgehead atoms. The third-order valence-corrected chi connectivity index (χ3v) is 4.44. The maximum Gasteiger partial charge on any atom is 0.119 e. The lowest BCUT2D eigenvalue weighted by Crippen LogP contribution is -2.00. The summed E-state index contributed by atoms with van der Waals surface area (Å²) < 4.78 is 0. The fourth-order valence-electron chi connectivity index (χ4n) is 3.10. The minimum absolute atomic E-state index is 0.492. The normalized spacial score (nSPS) is 12.5. The van der Waals surface area contributed by atoms with Crippen molar-refractivity contribution in [1.82, 2.24) is 0 Å². The van der Waals surface area contributed by atoms with Gasteiger partial charge in [-0.15, -0.1) is 0 Å². The summed E-state index contributed by atoms with van der Waals surface area (Å²) in [6, 6.07) is 7.94. The maximum atomic E-state index is 10.1. The van der Waals surface area contributed by atoms with Crippen molar-refractivity contribution in [3.05, 3.63) is 29.8 Å². The van der Waals surface area contributed by atoms with Crippen molar-refractivity contribution >= 4 is 0 Å². The largest absolute Gasteiger partial charge is 0.508 e. The van der Waals surface area contributed by atoms with Crippen molar-refractivity contribution in [3.8, 4) is 5.75 Å². The van der Waals surface area contributed by atoms with E-state index in [-0.39, 0.29) is 0 Å². The molecule has 0 spiro atoms. The zero-order valence-corrected chi connectivity index (χ0v) is 14.1. The fraction of sp³-hybridized carbons (Fsp3) is 0.700. The Hall–Kier alpha value is -0.980.